The Labute approximate surface area is 125 Å². The van der Waals surface area contributed by atoms with Crippen molar-refractivity contribution in [3.8, 4) is 0 Å². The lowest BCUT2D eigenvalue weighted by atomic mass is 10.1. The van der Waals surface area contributed by atoms with Crippen LogP contribution in [0.15, 0.2) is 17.6 Å². The van der Waals surface area contributed by atoms with E-state index in [4.69, 9.17) is 0 Å². The predicted octanol–water partition coefficient (Wildman–Crippen LogP) is -0.243. The van der Waals surface area contributed by atoms with Gasteiger partial charge >= 0.3 is 0 Å². The number of piperidine rings is 1. The Hall–Kier alpha value is -1.97. The summed E-state index contributed by atoms with van der Waals surface area (Å²) in [6.45, 7) is 1.48. The predicted molar refractivity (Wildman–Crippen MR) is 74.4 cm³/mol. The topological polar surface area (TPSA) is 94.6 Å². The maximum absolute atomic E-state index is 12.2. The molecule has 1 saturated heterocycles. The van der Waals surface area contributed by atoms with E-state index >= 15 is 0 Å². The molecule has 1 amide bonds. The zero-order chi connectivity index (χ0) is 14.7. The Bertz CT molecular complexity index is 589. The molecule has 9 nitrogen and oxygen atoms in total. The molecule has 1 fully saturated rings. The third kappa shape index (κ3) is 3.20. The zero-order valence-corrected chi connectivity index (χ0v) is 12.5. The van der Waals surface area contributed by atoms with Crippen molar-refractivity contribution in [1.29, 1.82) is 0 Å². The quantitative estimate of drug-likeness (QED) is 0.719. The molecule has 2 aromatic rings. The van der Waals surface area contributed by atoms with E-state index in [0.29, 0.717) is 17.0 Å². The number of hydrogen-bond acceptors (Lipinski definition) is 7. The molecule has 3 heterocycles. The van der Waals surface area contributed by atoms with Gasteiger partial charge in [-0.15, -0.1) is 5.10 Å². The number of thioether (sulfide) groups is 1. The van der Waals surface area contributed by atoms with Crippen molar-refractivity contribution in [3.63, 3.8) is 0 Å². The third-order valence-electron chi connectivity index (χ3n) is 3.49. The van der Waals surface area contributed by atoms with Crippen molar-refractivity contribution in [2.75, 3.05) is 18.8 Å². The van der Waals surface area contributed by atoms with E-state index in [1.807, 2.05) is 4.90 Å². The van der Waals surface area contributed by atoms with E-state index in [1.54, 1.807) is 28.9 Å². The van der Waals surface area contributed by atoms with Crippen LogP contribution < -0.4 is 0 Å². The maximum Gasteiger partial charge on any atom is 0.233 e. The first-order valence-electron chi connectivity index (χ1n) is 6.73. The van der Waals surface area contributed by atoms with Gasteiger partial charge in [0.15, 0.2) is 0 Å². The minimum absolute atomic E-state index is 0.120. The first-order chi connectivity index (χ1) is 10.2. The Balaban J connectivity index is 1.48. The summed E-state index contributed by atoms with van der Waals surface area (Å²) < 4.78 is 1.56. The number of nitrogens with zero attached hydrogens (tertiary/aromatic N) is 8. The monoisotopic (exact) mass is 308 g/mol. The van der Waals surface area contributed by atoms with Gasteiger partial charge in [-0.3, -0.25) is 4.79 Å². The summed E-state index contributed by atoms with van der Waals surface area (Å²) in [5.41, 5.74) is 0. The normalized spacial score (nSPS) is 16.3. The number of tetrazole rings is 1. The highest BCUT2D eigenvalue weighted by molar-refractivity contribution is 7.99. The van der Waals surface area contributed by atoms with Crippen molar-refractivity contribution in [1.82, 2.24) is 40.1 Å². The van der Waals surface area contributed by atoms with Gasteiger partial charge in [-0.05, 0) is 23.3 Å². The summed E-state index contributed by atoms with van der Waals surface area (Å²) >= 11 is 1.36. The fraction of sp³-hybridized carbons (Fsp3) is 0.636. The van der Waals surface area contributed by atoms with Crippen LogP contribution in [0.3, 0.4) is 0 Å². The van der Waals surface area contributed by atoms with Gasteiger partial charge in [0, 0.05) is 20.1 Å². The fourth-order valence-corrected chi connectivity index (χ4v) is 3.07. The molecule has 0 radical (unpaired) electrons. The smallest absolute Gasteiger partial charge is 0.233 e. The van der Waals surface area contributed by atoms with Crippen LogP contribution in [-0.4, -0.2) is 64.9 Å². The number of carbonyl (C=O) groups is 1. The van der Waals surface area contributed by atoms with Gasteiger partial charge in [0.05, 0.1) is 24.2 Å². The number of amides is 1. The minimum atomic E-state index is 0.120. The van der Waals surface area contributed by atoms with E-state index in [-0.39, 0.29) is 5.91 Å². The highest BCUT2D eigenvalue weighted by atomic mass is 32.2. The van der Waals surface area contributed by atoms with Gasteiger partial charge < -0.3 is 4.90 Å². The molecule has 1 aliphatic heterocycles. The summed E-state index contributed by atoms with van der Waals surface area (Å²) in [6, 6.07) is 0.291. The van der Waals surface area contributed by atoms with Crippen molar-refractivity contribution in [2.24, 2.45) is 7.05 Å². The van der Waals surface area contributed by atoms with Crippen LogP contribution in [0.1, 0.15) is 18.9 Å². The number of aryl methyl sites for hydroxylation is 1. The first kappa shape index (κ1) is 14.0. The van der Waals surface area contributed by atoms with E-state index < -0.39 is 0 Å². The SMILES string of the molecule is Cn1nnnc1SCC(=O)N1CCC(n2nccn2)CC1. The van der Waals surface area contributed by atoms with E-state index in [1.165, 1.54) is 11.8 Å². The molecule has 0 unspecified atom stereocenters. The lowest BCUT2D eigenvalue weighted by Crippen LogP contribution is -2.40. The second-order valence-corrected chi connectivity index (χ2v) is 5.78. The van der Waals surface area contributed by atoms with Crippen LogP contribution in [0.2, 0.25) is 0 Å². The molecule has 112 valence electrons. The molecule has 21 heavy (non-hydrogen) atoms. The van der Waals surface area contributed by atoms with Crippen molar-refractivity contribution < 1.29 is 4.79 Å². The molecule has 3 rings (SSSR count). The van der Waals surface area contributed by atoms with Crippen molar-refractivity contribution >= 4 is 17.7 Å². The lowest BCUT2D eigenvalue weighted by Gasteiger charge is -2.31. The Kier molecular flexibility index (Phi) is 4.13. The summed E-state index contributed by atoms with van der Waals surface area (Å²) in [5, 5.41) is 20.1. The molecule has 2 aromatic heterocycles. The largest absolute Gasteiger partial charge is 0.342 e. The Morgan fingerprint density at radius 3 is 2.67 bits per heavy atom. The second kappa shape index (κ2) is 6.20. The molecular formula is C11H16N8OS. The molecule has 0 aromatic carbocycles. The van der Waals surface area contributed by atoms with Gasteiger partial charge in [-0.25, -0.2) is 4.68 Å². The summed E-state index contributed by atoms with van der Waals surface area (Å²) in [5.74, 6) is 0.480. The number of likely N-dealkylation sites (tertiary alicyclic amines) is 1. The molecule has 10 heteroatoms. The summed E-state index contributed by atoms with van der Waals surface area (Å²) in [7, 11) is 1.76. The van der Waals surface area contributed by atoms with Crippen LogP contribution in [0.4, 0.5) is 0 Å². The van der Waals surface area contributed by atoms with Gasteiger partial charge in [0.2, 0.25) is 11.1 Å². The number of aromatic nitrogens is 7. The van der Waals surface area contributed by atoms with Crippen molar-refractivity contribution in [3.05, 3.63) is 12.4 Å². The number of carbonyl (C=O) groups excluding carboxylic acids is 1. The van der Waals surface area contributed by atoms with Crippen molar-refractivity contribution in [2.45, 2.75) is 24.0 Å². The van der Waals surface area contributed by atoms with Crippen LogP contribution in [-0.2, 0) is 11.8 Å². The molecule has 0 bridgehead atoms. The molecule has 0 atom stereocenters. The van der Waals surface area contributed by atoms with Gasteiger partial charge in [0.1, 0.15) is 0 Å². The number of hydrogen-bond donors (Lipinski definition) is 0. The lowest BCUT2D eigenvalue weighted by molar-refractivity contribution is -0.129. The van der Waals surface area contributed by atoms with Gasteiger partial charge in [-0.1, -0.05) is 11.8 Å². The Morgan fingerprint density at radius 1 is 1.33 bits per heavy atom. The van der Waals surface area contributed by atoms with Gasteiger partial charge in [-0.2, -0.15) is 15.0 Å². The van der Waals surface area contributed by atoms with E-state index in [9.17, 15) is 4.79 Å². The third-order valence-corrected chi connectivity index (χ3v) is 4.48. The van der Waals surface area contributed by atoms with Crippen LogP contribution in [0.5, 0.6) is 0 Å². The van der Waals surface area contributed by atoms with E-state index in [2.05, 4.69) is 25.7 Å². The number of rotatable bonds is 4. The molecule has 0 aliphatic carbocycles. The highest BCUT2D eigenvalue weighted by Gasteiger charge is 2.24. The van der Waals surface area contributed by atoms with Crippen LogP contribution >= 0.6 is 11.8 Å². The molecule has 0 N–H and O–H groups in total. The average molecular weight is 308 g/mol. The maximum atomic E-state index is 12.2. The standard InChI is InChI=1S/C11H16N8OS/c1-17-11(14-15-16-17)21-8-10(20)18-6-2-9(3-7-18)19-12-4-5-13-19/h4-5,9H,2-3,6-8H2,1H3. The Morgan fingerprint density at radius 2 is 2.05 bits per heavy atom. The summed E-state index contributed by atoms with van der Waals surface area (Å²) in [4.78, 5) is 15.8. The average Bonchev–Trinajstić information content (AvgIpc) is 3.17. The highest BCUT2D eigenvalue weighted by Crippen LogP contribution is 2.22. The van der Waals surface area contributed by atoms with Crippen LogP contribution in [0, 0.1) is 0 Å². The fourth-order valence-electron chi connectivity index (χ4n) is 2.32. The molecule has 0 saturated carbocycles. The van der Waals surface area contributed by atoms with E-state index in [0.717, 1.165) is 25.9 Å². The minimum Gasteiger partial charge on any atom is -0.342 e. The first-order valence-corrected chi connectivity index (χ1v) is 7.71. The zero-order valence-electron chi connectivity index (χ0n) is 11.7. The molecule has 0 spiro atoms. The second-order valence-electron chi connectivity index (χ2n) is 4.84. The molecule has 1 aliphatic rings. The molecular weight excluding hydrogens is 292 g/mol. The summed E-state index contributed by atoms with van der Waals surface area (Å²) in [6.07, 6.45) is 5.14. The van der Waals surface area contributed by atoms with Gasteiger partial charge in [0.25, 0.3) is 0 Å². The van der Waals surface area contributed by atoms with Crippen LogP contribution in [0.25, 0.3) is 0 Å².